The average Bonchev–Trinajstić information content (AvgIpc) is 3.43. The highest BCUT2D eigenvalue weighted by atomic mass is 16.5. The molecule has 6 fully saturated rings. The summed E-state index contributed by atoms with van der Waals surface area (Å²) in [5.41, 5.74) is 5.63. The number of primary amides is 1. The summed E-state index contributed by atoms with van der Waals surface area (Å²) in [6.07, 6.45) is 8.10. The van der Waals surface area contributed by atoms with Crippen molar-refractivity contribution < 1.29 is 23.9 Å². The van der Waals surface area contributed by atoms with E-state index in [4.69, 9.17) is 10.5 Å². The maximum atomic E-state index is 14.3. The van der Waals surface area contributed by atoms with Gasteiger partial charge in [0.25, 0.3) is 5.91 Å². The van der Waals surface area contributed by atoms with E-state index < -0.39 is 17.4 Å². The first-order chi connectivity index (χ1) is 16.8. The highest BCUT2D eigenvalue weighted by molar-refractivity contribution is 6.23. The minimum atomic E-state index is -0.817. The average molecular weight is 480 g/mol. The Bertz CT molecular complexity index is 1030. The first kappa shape index (κ1) is 22.7. The zero-order chi connectivity index (χ0) is 24.3. The van der Waals surface area contributed by atoms with Crippen LogP contribution in [-0.4, -0.2) is 53.8 Å². The molecule has 2 N–H and O–H groups in total. The number of carbonyl (C=O) groups is 4. The van der Waals surface area contributed by atoms with E-state index in [9.17, 15) is 19.2 Å². The van der Waals surface area contributed by atoms with Gasteiger partial charge in [-0.3, -0.25) is 19.2 Å². The second-order valence-electron chi connectivity index (χ2n) is 11.5. The minimum absolute atomic E-state index is 0.0266. The Balaban J connectivity index is 1.29. The van der Waals surface area contributed by atoms with Gasteiger partial charge in [-0.25, -0.2) is 4.90 Å². The number of amides is 4. The highest BCUT2D eigenvalue weighted by Crippen LogP contribution is 2.60. The van der Waals surface area contributed by atoms with Crippen molar-refractivity contribution in [2.45, 2.75) is 69.9 Å². The molecule has 4 bridgehead atoms. The van der Waals surface area contributed by atoms with Crippen LogP contribution in [0.2, 0.25) is 0 Å². The molecule has 0 spiro atoms. The van der Waals surface area contributed by atoms with Crippen LogP contribution in [0, 0.1) is 23.2 Å². The Kier molecular flexibility index (Phi) is 5.47. The molecule has 8 heteroatoms. The monoisotopic (exact) mass is 479 g/mol. The lowest BCUT2D eigenvalue weighted by Gasteiger charge is -2.57. The van der Waals surface area contributed by atoms with Gasteiger partial charge in [0.15, 0.2) is 0 Å². The molecule has 4 aliphatic carbocycles. The van der Waals surface area contributed by atoms with Crippen LogP contribution in [0.25, 0.3) is 0 Å². The van der Waals surface area contributed by atoms with Crippen molar-refractivity contribution in [2.24, 2.45) is 28.9 Å². The zero-order valence-corrected chi connectivity index (χ0v) is 20.0. The summed E-state index contributed by atoms with van der Waals surface area (Å²) in [5.74, 6) is 0.602. The van der Waals surface area contributed by atoms with Crippen LogP contribution >= 0.6 is 0 Å². The van der Waals surface area contributed by atoms with Crippen molar-refractivity contribution in [2.75, 3.05) is 18.1 Å². The standard InChI is InChI=1S/C27H33N3O5/c28-24(32)19-3-5-20(6-4-19)30-23(31)11-22(25(30)33)29(15-21-2-1-7-35-21)26(34)27-12-16-8-17(13-27)10-18(9-16)14-27/h3-6,16-18,21-22H,1-2,7-15H2,(H2,28,32). The Labute approximate surface area is 205 Å². The van der Waals surface area contributed by atoms with Crippen molar-refractivity contribution in [1.29, 1.82) is 0 Å². The molecule has 6 aliphatic rings. The molecule has 0 radical (unpaired) electrons. The van der Waals surface area contributed by atoms with Crippen molar-refractivity contribution >= 4 is 29.3 Å². The number of ether oxygens (including phenoxy) is 1. The van der Waals surface area contributed by atoms with Gasteiger partial charge in [-0.2, -0.15) is 0 Å². The summed E-state index contributed by atoms with van der Waals surface area (Å²) >= 11 is 0. The Morgan fingerprint density at radius 2 is 1.66 bits per heavy atom. The normalized spacial score (nSPS) is 35.7. The summed E-state index contributed by atoms with van der Waals surface area (Å²) in [4.78, 5) is 55.4. The molecule has 186 valence electrons. The highest BCUT2D eigenvalue weighted by Gasteiger charge is 2.57. The maximum absolute atomic E-state index is 14.3. The fraction of sp³-hybridized carbons (Fsp3) is 0.630. The van der Waals surface area contributed by atoms with Gasteiger partial charge in [0.1, 0.15) is 6.04 Å². The molecular weight excluding hydrogens is 446 g/mol. The van der Waals surface area contributed by atoms with Crippen molar-refractivity contribution in [3.8, 4) is 0 Å². The van der Waals surface area contributed by atoms with Crippen LogP contribution in [0.15, 0.2) is 24.3 Å². The molecule has 2 atom stereocenters. The van der Waals surface area contributed by atoms with Crippen LogP contribution < -0.4 is 10.6 Å². The van der Waals surface area contributed by atoms with Crippen LogP contribution in [0.1, 0.15) is 68.1 Å². The summed E-state index contributed by atoms with van der Waals surface area (Å²) in [6, 6.07) is 5.32. The quantitative estimate of drug-likeness (QED) is 0.631. The molecule has 4 saturated carbocycles. The molecule has 8 nitrogen and oxygen atoms in total. The van der Waals surface area contributed by atoms with E-state index in [1.54, 1.807) is 17.0 Å². The van der Waals surface area contributed by atoms with E-state index in [2.05, 4.69) is 0 Å². The van der Waals surface area contributed by atoms with Crippen LogP contribution in [0.5, 0.6) is 0 Å². The number of nitrogens with two attached hydrogens (primary N) is 1. The largest absolute Gasteiger partial charge is 0.376 e. The van der Waals surface area contributed by atoms with Crippen LogP contribution in [-0.2, 0) is 19.1 Å². The Hall–Kier alpha value is -2.74. The third kappa shape index (κ3) is 3.86. The minimum Gasteiger partial charge on any atom is -0.376 e. The summed E-state index contributed by atoms with van der Waals surface area (Å²) in [6.45, 7) is 1.03. The molecule has 2 saturated heterocycles. The number of nitrogens with zero attached hydrogens (tertiary/aromatic N) is 2. The van der Waals surface area contributed by atoms with Crippen molar-refractivity contribution in [3.05, 3.63) is 29.8 Å². The molecule has 1 aromatic carbocycles. The second-order valence-corrected chi connectivity index (χ2v) is 11.5. The summed E-state index contributed by atoms with van der Waals surface area (Å²) in [5, 5.41) is 0. The van der Waals surface area contributed by atoms with Crippen molar-refractivity contribution in [1.82, 2.24) is 4.90 Å². The maximum Gasteiger partial charge on any atom is 0.257 e. The molecule has 2 aliphatic heterocycles. The number of hydrogen-bond acceptors (Lipinski definition) is 5. The molecule has 2 unspecified atom stereocenters. The fourth-order valence-corrected chi connectivity index (χ4v) is 7.94. The molecule has 35 heavy (non-hydrogen) atoms. The molecule has 1 aromatic rings. The molecule has 4 amide bonds. The second kappa shape index (κ2) is 8.43. The molecular formula is C27H33N3O5. The molecule has 7 rings (SSSR count). The first-order valence-electron chi connectivity index (χ1n) is 13.0. The summed E-state index contributed by atoms with van der Waals surface area (Å²) < 4.78 is 5.87. The van der Waals surface area contributed by atoms with E-state index >= 15 is 0 Å². The van der Waals surface area contributed by atoms with Gasteiger partial charge >= 0.3 is 0 Å². The van der Waals surface area contributed by atoms with Gasteiger partial charge in [-0.1, -0.05) is 0 Å². The van der Waals surface area contributed by atoms with E-state index in [-0.39, 0.29) is 30.2 Å². The predicted molar refractivity (Wildman–Crippen MR) is 127 cm³/mol. The van der Waals surface area contributed by atoms with Gasteiger partial charge < -0.3 is 15.4 Å². The van der Waals surface area contributed by atoms with E-state index in [0.717, 1.165) is 37.0 Å². The number of imide groups is 1. The van der Waals surface area contributed by atoms with E-state index in [1.165, 1.54) is 31.4 Å². The first-order valence-corrected chi connectivity index (χ1v) is 13.0. The van der Waals surface area contributed by atoms with Gasteiger partial charge in [0.2, 0.25) is 17.7 Å². The van der Waals surface area contributed by atoms with Gasteiger partial charge in [-0.15, -0.1) is 0 Å². The van der Waals surface area contributed by atoms with Gasteiger partial charge in [0.05, 0.1) is 23.6 Å². The third-order valence-electron chi connectivity index (χ3n) is 9.09. The number of rotatable bonds is 6. The number of anilines is 1. The van der Waals surface area contributed by atoms with E-state index in [0.29, 0.717) is 42.2 Å². The summed E-state index contributed by atoms with van der Waals surface area (Å²) in [7, 11) is 0. The lowest BCUT2D eigenvalue weighted by Crippen LogP contribution is -2.58. The third-order valence-corrected chi connectivity index (χ3v) is 9.09. The smallest absolute Gasteiger partial charge is 0.257 e. The number of hydrogen-bond donors (Lipinski definition) is 1. The molecule has 0 aromatic heterocycles. The van der Waals surface area contributed by atoms with Gasteiger partial charge in [0, 0.05) is 18.7 Å². The lowest BCUT2D eigenvalue weighted by atomic mass is 9.49. The van der Waals surface area contributed by atoms with Crippen LogP contribution in [0.4, 0.5) is 5.69 Å². The number of benzene rings is 1. The Morgan fingerprint density at radius 1 is 1.03 bits per heavy atom. The van der Waals surface area contributed by atoms with E-state index in [1.807, 2.05) is 0 Å². The lowest BCUT2D eigenvalue weighted by molar-refractivity contribution is -0.163. The fourth-order valence-electron chi connectivity index (χ4n) is 7.94. The molecule has 2 heterocycles. The van der Waals surface area contributed by atoms with Crippen molar-refractivity contribution in [3.63, 3.8) is 0 Å². The number of carbonyl (C=O) groups excluding carboxylic acids is 4. The van der Waals surface area contributed by atoms with Crippen LogP contribution in [0.3, 0.4) is 0 Å². The topological polar surface area (TPSA) is 110 Å². The Morgan fingerprint density at radius 3 is 2.20 bits per heavy atom. The predicted octanol–water partition coefficient (Wildman–Crippen LogP) is 2.64. The van der Waals surface area contributed by atoms with Gasteiger partial charge in [-0.05, 0) is 93.4 Å². The SMILES string of the molecule is NC(=O)c1ccc(N2C(=O)CC(N(CC3CCCO3)C(=O)C34CC5CC(CC(C5)C3)C4)C2=O)cc1. The zero-order valence-electron chi connectivity index (χ0n) is 20.0.